The summed E-state index contributed by atoms with van der Waals surface area (Å²) in [5, 5.41) is 8.83. The first kappa shape index (κ1) is 18.1. The van der Waals surface area contributed by atoms with E-state index in [1.54, 1.807) is 30.3 Å². The highest BCUT2D eigenvalue weighted by Crippen LogP contribution is 2.22. The number of pyridine rings is 1. The third-order valence-electron chi connectivity index (χ3n) is 4.27. The second-order valence-electron chi connectivity index (χ2n) is 6.09. The summed E-state index contributed by atoms with van der Waals surface area (Å²) < 4.78 is 13.9. The van der Waals surface area contributed by atoms with Crippen molar-refractivity contribution < 1.29 is 9.18 Å². The van der Waals surface area contributed by atoms with Crippen LogP contribution in [0, 0.1) is 17.1 Å². The number of nitrogens with zero attached hydrogens (tertiary/aromatic N) is 1. The number of aromatic amines is 1. The molecule has 1 amide bonds. The average molecular weight is 361 g/mol. The van der Waals surface area contributed by atoms with E-state index in [9.17, 15) is 14.0 Å². The Morgan fingerprint density at radius 2 is 1.85 bits per heavy atom. The minimum atomic E-state index is -0.632. The van der Waals surface area contributed by atoms with Gasteiger partial charge in [-0.05, 0) is 53.8 Å². The zero-order chi connectivity index (χ0) is 19.4. The van der Waals surface area contributed by atoms with Gasteiger partial charge in [-0.2, -0.15) is 5.26 Å². The highest BCUT2D eigenvalue weighted by Gasteiger charge is 2.10. The smallest absolute Gasteiger partial charge is 0.248 e. The van der Waals surface area contributed by atoms with Crippen LogP contribution < -0.4 is 11.3 Å². The number of carbonyl (C=O) groups is 1. The van der Waals surface area contributed by atoms with Gasteiger partial charge in [0.25, 0.3) is 0 Å². The fraction of sp³-hybridized carbons (Fsp3) is 0.0952. The van der Waals surface area contributed by atoms with Crippen molar-refractivity contribution in [3.63, 3.8) is 0 Å². The lowest BCUT2D eigenvalue weighted by Gasteiger charge is -2.08. The minimum absolute atomic E-state index is 0.0492. The molecule has 0 spiro atoms. The number of nitrogens with one attached hydrogen (secondary N) is 1. The van der Waals surface area contributed by atoms with Gasteiger partial charge < -0.3 is 10.7 Å². The van der Waals surface area contributed by atoms with E-state index in [1.807, 2.05) is 12.1 Å². The summed E-state index contributed by atoms with van der Waals surface area (Å²) in [4.78, 5) is 26.3. The number of primary amides is 1. The van der Waals surface area contributed by atoms with Gasteiger partial charge in [0, 0.05) is 17.3 Å². The second kappa shape index (κ2) is 7.67. The summed E-state index contributed by atoms with van der Waals surface area (Å²) in [6.45, 7) is 0. The van der Waals surface area contributed by atoms with Crippen LogP contribution in [0.3, 0.4) is 0 Å². The third kappa shape index (κ3) is 4.10. The fourth-order valence-electron chi connectivity index (χ4n) is 2.94. The van der Waals surface area contributed by atoms with Gasteiger partial charge in [0.2, 0.25) is 11.5 Å². The van der Waals surface area contributed by atoms with Crippen LogP contribution in [0.1, 0.15) is 27.2 Å². The number of hydrogen-bond acceptors (Lipinski definition) is 3. The molecular weight excluding hydrogens is 345 g/mol. The molecule has 1 aromatic heterocycles. The first-order chi connectivity index (χ1) is 13.0. The number of benzene rings is 2. The maximum Gasteiger partial charge on any atom is 0.248 e. The van der Waals surface area contributed by atoms with E-state index in [0.717, 1.165) is 5.56 Å². The van der Waals surface area contributed by atoms with Gasteiger partial charge in [0.15, 0.2) is 0 Å². The Morgan fingerprint density at radius 1 is 1.07 bits per heavy atom. The van der Waals surface area contributed by atoms with Crippen molar-refractivity contribution in [3.05, 3.63) is 93.2 Å². The highest BCUT2D eigenvalue weighted by molar-refractivity contribution is 5.94. The summed E-state index contributed by atoms with van der Waals surface area (Å²) >= 11 is 0. The largest absolute Gasteiger partial charge is 0.366 e. The molecule has 27 heavy (non-hydrogen) atoms. The number of carbonyl (C=O) groups excluding carboxylic acids is 1. The summed E-state index contributed by atoms with van der Waals surface area (Å²) in [7, 11) is 0. The fourth-order valence-corrected chi connectivity index (χ4v) is 2.94. The molecule has 0 unspecified atom stereocenters. The molecule has 0 saturated heterocycles. The topological polar surface area (TPSA) is 99.7 Å². The molecule has 0 aliphatic carbocycles. The van der Waals surface area contributed by atoms with Crippen molar-refractivity contribution in [3.8, 4) is 17.2 Å². The van der Waals surface area contributed by atoms with E-state index < -0.39 is 11.7 Å². The summed E-state index contributed by atoms with van der Waals surface area (Å²) in [5.41, 5.74) is 7.99. The molecule has 0 aliphatic rings. The Labute approximate surface area is 154 Å². The molecule has 0 fully saturated rings. The molecule has 134 valence electrons. The molecule has 3 rings (SSSR count). The summed E-state index contributed by atoms with van der Waals surface area (Å²) in [5.74, 6) is -1.13. The predicted octanol–water partition coefficient (Wildman–Crippen LogP) is 2.94. The van der Waals surface area contributed by atoms with Gasteiger partial charge >= 0.3 is 0 Å². The van der Waals surface area contributed by atoms with E-state index in [0.29, 0.717) is 35.2 Å². The van der Waals surface area contributed by atoms with Crippen LogP contribution in [-0.4, -0.2) is 10.9 Å². The summed E-state index contributed by atoms with van der Waals surface area (Å²) in [6.07, 6.45) is 0.992. The van der Waals surface area contributed by atoms with E-state index in [4.69, 9.17) is 11.0 Å². The lowest BCUT2D eigenvalue weighted by atomic mass is 9.99. The molecule has 1 heterocycles. The summed E-state index contributed by atoms with van der Waals surface area (Å²) in [6, 6.07) is 16.2. The normalized spacial score (nSPS) is 10.4. The molecule has 5 nitrogen and oxygen atoms in total. The first-order valence-corrected chi connectivity index (χ1v) is 8.29. The SMILES string of the molecule is N#Cc1ccc(-c2cc(CCc3ccccc3C(N)=O)[nH]c(=O)c2)cc1F. The number of hydrogen-bond donors (Lipinski definition) is 2. The molecule has 0 atom stereocenters. The van der Waals surface area contributed by atoms with Gasteiger partial charge in [0.1, 0.15) is 11.9 Å². The first-order valence-electron chi connectivity index (χ1n) is 8.29. The van der Waals surface area contributed by atoms with E-state index >= 15 is 0 Å². The van der Waals surface area contributed by atoms with Crippen molar-refractivity contribution in [2.45, 2.75) is 12.8 Å². The molecule has 0 aliphatic heterocycles. The Hall–Kier alpha value is -3.72. The Kier molecular flexibility index (Phi) is 5.13. The van der Waals surface area contributed by atoms with Crippen LogP contribution in [0.25, 0.3) is 11.1 Å². The predicted molar refractivity (Wildman–Crippen MR) is 99.5 cm³/mol. The van der Waals surface area contributed by atoms with Crippen molar-refractivity contribution in [1.29, 1.82) is 5.26 Å². The van der Waals surface area contributed by atoms with Crippen LogP contribution in [0.4, 0.5) is 4.39 Å². The Balaban J connectivity index is 1.89. The van der Waals surface area contributed by atoms with Gasteiger partial charge in [-0.25, -0.2) is 4.39 Å². The highest BCUT2D eigenvalue weighted by atomic mass is 19.1. The number of H-pyrrole nitrogens is 1. The van der Waals surface area contributed by atoms with Crippen LogP contribution in [0.15, 0.2) is 59.4 Å². The van der Waals surface area contributed by atoms with Crippen LogP contribution >= 0.6 is 0 Å². The van der Waals surface area contributed by atoms with E-state index in [2.05, 4.69) is 4.98 Å². The molecule has 6 heteroatoms. The zero-order valence-electron chi connectivity index (χ0n) is 14.3. The van der Waals surface area contributed by atoms with Crippen LogP contribution in [0.2, 0.25) is 0 Å². The second-order valence-corrected chi connectivity index (χ2v) is 6.09. The molecule has 0 radical (unpaired) electrons. The lowest BCUT2D eigenvalue weighted by Crippen LogP contribution is -2.14. The van der Waals surface area contributed by atoms with Crippen LogP contribution in [0.5, 0.6) is 0 Å². The average Bonchev–Trinajstić information content (AvgIpc) is 2.66. The number of rotatable bonds is 5. The van der Waals surface area contributed by atoms with Crippen LogP contribution in [-0.2, 0) is 12.8 Å². The Bertz CT molecular complexity index is 1110. The molecule has 0 saturated carbocycles. The number of nitrogens with two attached hydrogens (primary N) is 1. The number of nitriles is 1. The van der Waals surface area contributed by atoms with E-state index in [1.165, 1.54) is 18.2 Å². The molecule has 3 aromatic rings. The number of halogens is 1. The van der Waals surface area contributed by atoms with Gasteiger partial charge in [0.05, 0.1) is 5.56 Å². The number of aromatic nitrogens is 1. The van der Waals surface area contributed by atoms with Crippen molar-refractivity contribution >= 4 is 5.91 Å². The van der Waals surface area contributed by atoms with Crippen molar-refractivity contribution in [1.82, 2.24) is 4.98 Å². The Morgan fingerprint density at radius 3 is 2.56 bits per heavy atom. The minimum Gasteiger partial charge on any atom is -0.366 e. The van der Waals surface area contributed by atoms with Gasteiger partial charge in [-0.15, -0.1) is 0 Å². The van der Waals surface area contributed by atoms with E-state index in [-0.39, 0.29) is 11.1 Å². The van der Waals surface area contributed by atoms with Crippen molar-refractivity contribution in [2.24, 2.45) is 5.73 Å². The number of amides is 1. The lowest BCUT2D eigenvalue weighted by molar-refractivity contribution is 0.0999. The van der Waals surface area contributed by atoms with Crippen molar-refractivity contribution in [2.75, 3.05) is 0 Å². The van der Waals surface area contributed by atoms with Gasteiger partial charge in [-0.1, -0.05) is 24.3 Å². The molecule has 0 bridgehead atoms. The molecule has 3 N–H and O–H groups in total. The van der Waals surface area contributed by atoms with Gasteiger partial charge in [-0.3, -0.25) is 9.59 Å². The standard InChI is InChI=1S/C21H16FN3O2/c22-19-10-14(5-6-15(19)12-23)16-9-17(25-20(26)11-16)8-7-13-3-1-2-4-18(13)21(24)27/h1-6,9-11H,7-8H2,(H2,24,27)(H,25,26). The maximum absolute atomic E-state index is 13.9. The quantitative estimate of drug-likeness (QED) is 0.731. The molecule has 2 aromatic carbocycles. The zero-order valence-corrected chi connectivity index (χ0v) is 14.3. The maximum atomic E-state index is 13.9. The number of aryl methyl sites for hydroxylation is 2. The monoisotopic (exact) mass is 361 g/mol. The third-order valence-corrected chi connectivity index (χ3v) is 4.27. The molecular formula is C21H16FN3O2.